The molecular formula is C29H31N3OS. The zero-order valence-electron chi connectivity index (χ0n) is 19.8. The number of thiazole rings is 1. The summed E-state index contributed by atoms with van der Waals surface area (Å²) in [6.45, 7) is 5.23. The molecule has 1 N–H and O–H groups in total. The van der Waals surface area contributed by atoms with Crippen LogP contribution in [0.5, 0.6) is 5.75 Å². The van der Waals surface area contributed by atoms with Crippen LogP contribution in [0, 0.1) is 12.8 Å². The first kappa shape index (κ1) is 21.8. The molecule has 2 aliphatic heterocycles. The minimum atomic E-state index is 0.343. The second kappa shape index (κ2) is 9.14. The molecule has 3 heterocycles. The largest absolute Gasteiger partial charge is 0.496 e. The Morgan fingerprint density at radius 2 is 1.76 bits per heavy atom. The van der Waals surface area contributed by atoms with Crippen molar-refractivity contribution in [3.63, 3.8) is 0 Å². The van der Waals surface area contributed by atoms with Gasteiger partial charge in [0.1, 0.15) is 5.75 Å². The van der Waals surface area contributed by atoms with E-state index in [1.54, 1.807) is 18.4 Å². The lowest BCUT2D eigenvalue weighted by Crippen LogP contribution is -2.50. The summed E-state index contributed by atoms with van der Waals surface area (Å²) < 4.78 is 6.97. The van der Waals surface area contributed by atoms with Crippen LogP contribution in [0.15, 0.2) is 72.8 Å². The zero-order chi connectivity index (χ0) is 23.1. The van der Waals surface area contributed by atoms with Gasteiger partial charge in [-0.2, -0.15) is 0 Å². The van der Waals surface area contributed by atoms with Crippen molar-refractivity contribution in [3.8, 4) is 5.75 Å². The Hall–Kier alpha value is -2.73. The highest BCUT2D eigenvalue weighted by Crippen LogP contribution is 2.43. The number of benzene rings is 3. The first-order chi connectivity index (χ1) is 16.7. The van der Waals surface area contributed by atoms with E-state index in [0.29, 0.717) is 23.9 Å². The van der Waals surface area contributed by atoms with E-state index in [2.05, 4.69) is 89.9 Å². The summed E-state index contributed by atoms with van der Waals surface area (Å²) in [7, 11) is 1.77. The number of piperidine rings is 1. The molecule has 5 heteroatoms. The molecule has 4 aromatic rings. The molecule has 2 fully saturated rings. The van der Waals surface area contributed by atoms with Gasteiger partial charge >= 0.3 is 0 Å². The Balaban J connectivity index is 1.33. The molecule has 0 aliphatic carbocycles. The molecule has 4 atom stereocenters. The molecule has 1 aromatic heterocycles. The lowest BCUT2D eigenvalue weighted by Gasteiger charge is -2.39. The molecule has 2 bridgehead atoms. The van der Waals surface area contributed by atoms with E-state index in [0.717, 1.165) is 22.8 Å². The van der Waals surface area contributed by atoms with Gasteiger partial charge in [0, 0.05) is 36.7 Å². The summed E-state index contributed by atoms with van der Waals surface area (Å²) in [4.78, 5) is 7.44. The average Bonchev–Trinajstić information content (AvgIpc) is 3.58. The highest BCUT2D eigenvalue weighted by atomic mass is 32.1. The van der Waals surface area contributed by atoms with Crippen LogP contribution in [-0.2, 0) is 6.54 Å². The van der Waals surface area contributed by atoms with Crippen molar-refractivity contribution in [1.82, 2.24) is 15.2 Å². The molecule has 3 aromatic carbocycles. The van der Waals surface area contributed by atoms with Gasteiger partial charge in [0.25, 0.3) is 0 Å². The SMILES string of the molecule is COc1cc2sc(C)nc2cc1CN[C@H]1C2CCN(C2)[C@H]1C(c1ccccc1)c1ccccc1. The number of aryl methyl sites for hydroxylation is 1. The Bertz CT molecular complexity index is 1230. The molecule has 4 nitrogen and oxygen atoms in total. The van der Waals surface area contributed by atoms with E-state index in [1.165, 1.54) is 40.9 Å². The van der Waals surface area contributed by atoms with Gasteiger partial charge in [-0.25, -0.2) is 4.98 Å². The molecule has 34 heavy (non-hydrogen) atoms. The van der Waals surface area contributed by atoms with Crippen molar-refractivity contribution in [2.45, 2.75) is 37.9 Å². The summed E-state index contributed by atoms with van der Waals surface area (Å²) in [6.07, 6.45) is 1.27. The van der Waals surface area contributed by atoms with Crippen LogP contribution < -0.4 is 10.1 Å². The Kier molecular flexibility index (Phi) is 5.85. The third-order valence-electron chi connectivity index (χ3n) is 7.64. The first-order valence-electron chi connectivity index (χ1n) is 12.2. The number of rotatable bonds is 7. The predicted molar refractivity (Wildman–Crippen MR) is 140 cm³/mol. The topological polar surface area (TPSA) is 37.4 Å². The summed E-state index contributed by atoms with van der Waals surface area (Å²) >= 11 is 1.72. The molecule has 0 radical (unpaired) electrons. The van der Waals surface area contributed by atoms with E-state index >= 15 is 0 Å². The second-order valence-electron chi connectivity index (χ2n) is 9.60. The van der Waals surface area contributed by atoms with Crippen molar-refractivity contribution in [2.24, 2.45) is 5.92 Å². The van der Waals surface area contributed by atoms with Crippen LogP contribution in [0.25, 0.3) is 10.2 Å². The van der Waals surface area contributed by atoms with E-state index in [9.17, 15) is 0 Å². The van der Waals surface area contributed by atoms with Crippen molar-refractivity contribution >= 4 is 21.6 Å². The van der Waals surface area contributed by atoms with Crippen molar-refractivity contribution in [2.75, 3.05) is 20.2 Å². The van der Waals surface area contributed by atoms with Gasteiger partial charge < -0.3 is 10.1 Å². The van der Waals surface area contributed by atoms with Gasteiger partial charge in [0.05, 0.1) is 22.3 Å². The van der Waals surface area contributed by atoms with E-state index in [-0.39, 0.29) is 0 Å². The molecular weight excluding hydrogens is 438 g/mol. The van der Waals surface area contributed by atoms with Crippen molar-refractivity contribution in [3.05, 3.63) is 94.5 Å². The number of hydrogen-bond donors (Lipinski definition) is 1. The van der Waals surface area contributed by atoms with Crippen LogP contribution >= 0.6 is 11.3 Å². The third kappa shape index (κ3) is 3.92. The highest BCUT2D eigenvalue weighted by molar-refractivity contribution is 7.18. The van der Waals surface area contributed by atoms with Crippen molar-refractivity contribution < 1.29 is 4.74 Å². The number of hydrogen-bond acceptors (Lipinski definition) is 5. The molecule has 2 aliphatic rings. The average molecular weight is 470 g/mol. The fourth-order valence-corrected chi connectivity index (χ4v) is 7.01. The Morgan fingerprint density at radius 1 is 1.06 bits per heavy atom. The van der Waals surface area contributed by atoms with Gasteiger partial charge in [-0.15, -0.1) is 11.3 Å². The number of aromatic nitrogens is 1. The summed E-state index contributed by atoms with van der Waals surface area (Å²) in [6, 6.07) is 27.3. The quantitative estimate of drug-likeness (QED) is 0.382. The maximum atomic E-state index is 5.78. The van der Waals surface area contributed by atoms with Crippen molar-refractivity contribution in [1.29, 1.82) is 0 Å². The predicted octanol–water partition coefficient (Wildman–Crippen LogP) is 5.61. The number of fused-ring (bicyclic) bond motifs is 3. The molecule has 0 saturated carbocycles. The van der Waals surface area contributed by atoms with Gasteiger partial charge in [-0.1, -0.05) is 60.7 Å². The monoisotopic (exact) mass is 469 g/mol. The number of ether oxygens (including phenoxy) is 1. The van der Waals surface area contributed by atoms with Gasteiger partial charge in [-0.3, -0.25) is 4.90 Å². The summed E-state index contributed by atoms with van der Waals surface area (Å²) in [5.74, 6) is 1.97. The summed E-state index contributed by atoms with van der Waals surface area (Å²) in [5, 5.41) is 5.09. The first-order valence-corrected chi connectivity index (χ1v) is 13.0. The molecule has 174 valence electrons. The number of nitrogens with one attached hydrogen (secondary N) is 1. The van der Waals surface area contributed by atoms with Gasteiger partial charge in [-0.05, 0) is 49.1 Å². The molecule has 2 unspecified atom stereocenters. The standard InChI is InChI=1S/C29H31N3OS/c1-19-31-24-15-23(25(33-2)16-26(24)34-19)17-30-28-22-13-14-32(18-22)29(28)27(20-9-5-3-6-10-20)21-11-7-4-8-12-21/h3-12,15-16,22,27-30H,13-14,17-18H2,1-2H3/t22?,28-,29-/m0/s1. The van der Waals surface area contributed by atoms with Gasteiger partial charge in [0.15, 0.2) is 0 Å². The van der Waals surface area contributed by atoms with E-state index < -0.39 is 0 Å². The van der Waals surface area contributed by atoms with E-state index in [4.69, 9.17) is 9.72 Å². The fourth-order valence-electron chi connectivity index (χ4n) is 6.17. The normalized spacial score (nSPS) is 23.7. The van der Waals surface area contributed by atoms with Crippen LogP contribution in [0.3, 0.4) is 0 Å². The molecule has 6 rings (SSSR count). The number of nitrogens with zero attached hydrogens (tertiary/aromatic N) is 2. The van der Waals surface area contributed by atoms with E-state index in [1.807, 2.05) is 0 Å². The van der Waals surface area contributed by atoms with Crippen LogP contribution in [0.2, 0.25) is 0 Å². The second-order valence-corrected chi connectivity index (χ2v) is 10.8. The minimum Gasteiger partial charge on any atom is -0.496 e. The maximum absolute atomic E-state index is 5.78. The zero-order valence-corrected chi connectivity index (χ0v) is 20.6. The molecule has 0 amide bonds. The summed E-state index contributed by atoms with van der Waals surface area (Å²) in [5.41, 5.74) is 5.05. The smallest absolute Gasteiger partial charge is 0.124 e. The number of methoxy groups -OCH3 is 1. The fraction of sp³-hybridized carbons (Fsp3) is 0.345. The lowest BCUT2D eigenvalue weighted by atomic mass is 9.78. The molecule has 0 spiro atoms. The van der Waals surface area contributed by atoms with Crippen LogP contribution in [0.4, 0.5) is 0 Å². The van der Waals surface area contributed by atoms with Gasteiger partial charge in [0.2, 0.25) is 0 Å². The minimum absolute atomic E-state index is 0.343. The Labute approximate surface area is 205 Å². The molecule has 2 saturated heterocycles. The lowest BCUT2D eigenvalue weighted by molar-refractivity contribution is 0.197. The Morgan fingerprint density at radius 3 is 2.44 bits per heavy atom. The highest BCUT2D eigenvalue weighted by Gasteiger charge is 2.49. The van der Waals surface area contributed by atoms with Crippen LogP contribution in [0.1, 0.15) is 34.0 Å². The third-order valence-corrected chi connectivity index (χ3v) is 8.57. The maximum Gasteiger partial charge on any atom is 0.124 e. The van der Waals surface area contributed by atoms with Crippen LogP contribution in [-0.4, -0.2) is 42.2 Å².